The molecular formula is C25H18O6. The highest BCUT2D eigenvalue weighted by Gasteiger charge is 2.38. The lowest BCUT2D eigenvalue weighted by molar-refractivity contribution is -0.135. The normalized spacial score (nSPS) is 18.2. The fourth-order valence-electron chi connectivity index (χ4n) is 3.95. The van der Waals surface area contributed by atoms with E-state index in [1.807, 2.05) is 12.1 Å². The van der Waals surface area contributed by atoms with Gasteiger partial charge >= 0.3 is 5.97 Å². The molecule has 2 aliphatic heterocycles. The summed E-state index contributed by atoms with van der Waals surface area (Å²) in [5, 5.41) is 9.62. The van der Waals surface area contributed by atoms with Gasteiger partial charge < -0.3 is 19.3 Å². The maximum Gasteiger partial charge on any atom is 0.312 e. The van der Waals surface area contributed by atoms with Crippen molar-refractivity contribution in [1.82, 2.24) is 0 Å². The molecule has 2 aliphatic rings. The summed E-state index contributed by atoms with van der Waals surface area (Å²) < 4.78 is 16.6. The lowest BCUT2D eigenvalue weighted by Gasteiger charge is -2.26. The van der Waals surface area contributed by atoms with E-state index >= 15 is 0 Å². The van der Waals surface area contributed by atoms with Gasteiger partial charge in [-0.2, -0.15) is 0 Å². The van der Waals surface area contributed by atoms with Gasteiger partial charge in [-0.15, -0.1) is 0 Å². The third-order valence-corrected chi connectivity index (χ3v) is 5.49. The molecule has 1 N–H and O–H groups in total. The number of esters is 1. The first-order valence-electron chi connectivity index (χ1n) is 9.78. The molecule has 1 atom stereocenters. The molecule has 6 nitrogen and oxygen atoms in total. The van der Waals surface area contributed by atoms with E-state index < -0.39 is 0 Å². The van der Waals surface area contributed by atoms with Gasteiger partial charge in [-0.3, -0.25) is 9.59 Å². The summed E-state index contributed by atoms with van der Waals surface area (Å²) in [6, 6.07) is 17.2. The number of Topliss-reactive ketones (excluding diaryl/α,β-unsaturated/α-hetero) is 1. The standard InChI is InChI=1S/C25H18O6/c1-29-17-8-2-14(3-9-17)12-21-24(28)18-10-11-20-23(25(18)31-21)19(13-22(27)30-20)15-4-6-16(26)7-5-15/h2-12,19,26H,13H2,1H3. The summed E-state index contributed by atoms with van der Waals surface area (Å²) in [6.45, 7) is 0. The average Bonchev–Trinajstić information content (AvgIpc) is 3.09. The second-order valence-electron chi connectivity index (χ2n) is 7.39. The smallest absolute Gasteiger partial charge is 0.312 e. The number of carbonyl (C=O) groups is 2. The fraction of sp³-hybridized carbons (Fsp3) is 0.120. The van der Waals surface area contributed by atoms with Gasteiger partial charge in [-0.1, -0.05) is 24.3 Å². The number of ketones is 1. The molecule has 0 spiro atoms. The van der Waals surface area contributed by atoms with Crippen molar-refractivity contribution < 1.29 is 28.9 Å². The van der Waals surface area contributed by atoms with Crippen molar-refractivity contribution in [2.45, 2.75) is 12.3 Å². The van der Waals surface area contributed by atoms with Crippen molar-refractivity contribution >= 4 is 17.8 Å². The first-order valence-corrected chi connectivity index (χ1v) is 9.78. The molecule has 0 radical (unpaired) electrons. The van der Waals surface area contributed by atoms with E-state index in [9.17, 15) is 14.7 Å². The molecule has 0 saturated carbocycles. The number of aromatic hydroxyl groups is 1. The number of fused-ring (bicyclic) bond motifs is 3. The third-order valence-electron chi connectivity index (χ3n) is 5.49. The van der Waals surface area contributed by atoms with Gasteiger partial charge in [0.2, 0.25) is 5.78 Å². The molecule has 0 bridgehead atoms. The van der Waals surface area contributed by atoms with E-state index in [-0.39, 0.29) is 35.6 Å². The molecule has 5 rings (SSSR count). The highest BCUT2D eigenvalue weighted by atomic mass is 16.5. The Labute approximate surface area is 178 Å². The van der Waals surface area contributed by atoms with Crippen molar-refractivity contribution in [2.75, 3.05) is 7.11 Å². The van der Waals surface area contributed by atoms with Crippen LogP contribution in [0.3, 0.4) is 0 Å². The van der Waals surface area contributed by atoms with E-state index in [0.717, 1.165) is 16.9 Å². The zero-order chi connectivity index (χ0) is 21.5. The molecule has 0 aromatic heterocycles. The topological polar surface area (TPSA) is 82.1 Å². The van der Waals surface area contributed by atoms with E-state index in [1.165, 1.54) is 0 Å². The van der Waals surface area contributed by atoms with Gasteiger partial charge in [0.05, 0.1) is 19.1 Å². The summed E-state index contributed by atoms with van der Waals surface area (Å²) in [6.07, 6.45) is 1.79. The molecule has 0 aliphatic carbocycles. The van der Waals surface area contributed by atoms with Crippen LogP contribution in [0.25, 0.3) is 6.08 Å². The van der Waals surface area contributed by atoms with Gasteiger partial charge in [0, 0.05) is 11.5 Å². The highest BCUT2D eigenvalue weighted by molar-refractivity contribution is 6.15. The summed E-state index contributed by atoms with van der Waals surface area (Å²) in [5.74, 6) is 0.918. The van der Waals surface area contributed by atoms with Gasteiger partial charge in [0.1, 0.15) is 23.0 Å². The number of hydrogen-bond acceptors (Lipinski definition) is 6. The SMILES string of the molecule is COc1ccc(C=C2Oc3c(ccc4c3C(c3ccc(O)cc3)CC(=O)O4)C2=O)cc1. The lowest BCUT2D eigenvalue weighted by Crippen LogP contribution is -2.21. The van der Waals surface area contributed by atoms with Crippen LogP contribution in [-0.4, -0.2) is 24.0 Å². The number of phenols is 1. The van der Waals surface area contributed by atoms with Crippen molar-refractivity contribution in [2.24, 2.45) is 0 Å². The predicted molar refractivity (Wildman–Crippen MR) is 113 cm³/mol. The van der Waals surface area contributed by atoms with Crippen molar-refractivity contribution in [3.05, 3.63) is 88.7 Å². The van der Waals surface area contributed by atoms with Crippen LogP contribution in [0.4, 0.5) is 0 Å². The summed E-state index contributed by atoms with van der Waals surface area (Å²) in [4.78, 5) is 25.2. The molecule has 2 heterocycles. The zero-order valence-corrected chi connectivity index (χ0v) is 16.6. The molecule has 6 heteroatoms. The lowest BCUT2D eigenvalue weighted by atomic mass is 9.84. The van der Waals surface area contributed by atoms with Gasteiger partial charge in [-0.25, -0.2) is 0 Å². The predicted octanol–water partition coefficient (Wildman–Crippen LogP) is 4.46. The van der Waals surface area contributed by atoms with Crippen LogP contribution < -0.4 is 14.2 Å². The van der Waals surface area contributed by atoms with Crippen molar-refractivity contribution in [3.63, 3.8) is 0 Å². The van der Waals surface area contributed by atoms with Crippen molar-refractivity contribution in [3.8, 4) is 23.0 Å². The molecule has 1 unspecified atom stereocenters. The van der Waals surface area contributed by atoms with Gasteiger partial charge in [-0.05, 0) is 53.6 Å². The fourth-order valence-corrected chi connectivity index (χ4v) is 3.95. The zero-order valence-electron chi connectivity index (χ0n) is 16.6. The molecular weight excluding hydrogens is 396 g/mol. The Morgan fingerprint density at radius 2 is 1.71 bits per heavy atom. The largest absolute Gasteiger partial charge is 0.508 e. The van der Waals surface area contributed by atoms with E-state index in [2.05, 4.69) is 0 Å². The molecule has 3 aromatic rings. The first-order chi connectivity index (χ1) is 15.0. The Morgan fingerprint density at radius 3 is 2.42 bits per heavy atom. The number of carbonyl (C=O) groups excluding carboxylic acids is 2. The van der Waals surface area contributed by atoms with Crippen LogP contribution in [0.1, 0.15) is 39.4 Å². The van der Waals surface area contributed by atoms with Gasteiger partial charge in [0.15, 0.2) is 5.76 Å². The molecule has 0 fully saturated rings. The number of methoxy groups -OCH3 is 1. The van der Waals surface area contributed by atoms with Crippen LogP contribution in [0.5, 0.6) is 23.0 Å². The number of phenolic OH excluding ortho intramolecular Hbond substituents is 1. The second kappa shape index (κ2) is 7.32. The van der Waals surface area contributed by atoms with Crippen molar-refractivity contribution in [1.29, 1.82) is 0 Å². The summed E-state index contributed by atoms with van der Waals surface area (Å²) in [7, 11) is 1.59. The van der Waals surface area contributed by atoms with Crippen LogP contribution in [0, 0.1) is 0 Å². The van der Waals surface area contributed by atoms with E-state index in [0.29, 0.717) is 22.6 Å². The van der Waals surface area contributed by atoms with Gasteiger partial charge in [0.25, 0.3) is 0 Å². The molecule has 0 saturated heterocycles. The Balaban J connectivity index is 1.57. The number of hydrogen-bond donors (Lipinski definition) is 1. The maximum atomic E-state index is 13.0. The Morgan fingerprint density at radius 1 is 0.968 bits per heavy atom. The number of benzene rings is 3. The Bertz CT molecular complexity index is 1220. The van der Waals surface area contributed by atoms with E-state index in [4.69, 9.17) is 14.2 Å². The minimum absolute atomic E-state index is 0.114. The third kappa shape index (κ3) is 3.32. The molecule has 0 amide bonds. The van der Waals surface area contributed by atoms with Crippen LogP contribution in [-0.2, 0) is 4.79 Å². The second-order valence-corrected chi connectivity index (χ2v) is 7.39. The Kier molecular flexibility index (Phi) is 4.47. The Hall–Kier alpha value is -4.06. The van der Waals surface area contributed by atoms with Crippen LogP contribution in [0.2, 0.25) is 0 Å². The minimum Gasteiger partial charge on any atom is -0.508 e. The minimum atomic E-state index is -0.358. The molecule has 3 aromatic carbocycles. The number of allylic oxidation sites excluding steroid dienone is 1. The number of ether oxygens (including phenoxy) is 3. The van der Waals surface area contributed by atoms with Crippen LogP contribution in [0.15, 0.2) is 66.4 Å². The van der Waals surface area contributed by atoms with Crippen LogP contribution >= 0.6 is 0 Å². The maximum absolute atomic E-state index is 13.0. The molecule has 31 heavy (non-hydrogen) atoms. The van der Waals surface area contributed by atoms with E-state index in [1.54, 1.807) is 61.7 Å². The summed E-state index contributed by atoms with van der Waals surface area (Å²) >= 11 is 0. The number of rotatable bonds is 3. The summed E-state index contributed by atoms with van der Waals surface area (Å²) in [5.41, 5.74) is 2.72. The quantitative estimate of drug-likeness (QED) is 0.387. The average molecular weight is 414 g/mol. The highest BCUT2D eigenvalue weighted by Crippen LogP contribution is 2.49. The molecule has 154 valence electrons. The first kappa shape index (κ1) is 18.9. The monoisotopic (exact) mass is 414 g/mol.